The van der Waals surface area contributed by atoms with Gasteiger partial charge in [-0.25, -0.2) is 0 Å². The Labute approximate surface area is 330 Å². The zero-order chi connectivity index (χ0) is 37.7. The fourth-order valence-electron chi connectivity index (χ4n) is 6.96. The Hall–Kier alpha value is -4.85. The monoisotopic (exact) mass is 750 g/mol. The first-order chi connectivity index (χ1) is 27.1. The van der Waals surface area contributed by atoms with Crippen molar-refractivity contribution in [2.75, 3.05) is 6.61 Å². The number of ether oxygens (including phenoxy) is 5. The molecule has 0 aromatic heterocycles. The van der Waals surface area contributed by atoms with E-state index >= 15 is 0 Å². The molecule has 0 saturated carbocycles. The molecular formula is C49H47ClO5. The van der Waals surface area contributed by atoms with E-state index in [0.29, 0.717) is 37.9 Å². The van der Waals surface area contributed by atoms with E-state index < -0.39 is 30.5 Å². The molecule has 5 nitrogen and oxygen atoms in total. The zero-order valence-corrected chi connectivity index (χ0v) is 31.7. The van der Waals surface area contributed by atoms with E-state index in [1.165, 1.54) is 0 Å². The van der Waals surface area contributed by atoms with Crippen LogP contribution in [0.4, 0.5) is 0 Å². The number of hydrogen-bond donors (Lipinski definition) is 0. The summed E-state index contributed by atoms with van der Waals surface area (Å²) in [6.07, 6.45) is -0.0938. The Kier molecular flexibility index (Phi) is 13.7. The van der Waals surface area contributed by atoms with Crippen LogP contribution in [0.25, 0.3) is 6.08 Å². The molecule has 1 saturated heterocycles. The van der Waals surface area contributed by atoms with Gasteiger partial charge in [-0.3, -0.25) is 0 Å². The summed E-state index contributed by atoms with van der Waals surface area (Å²) in [6, 6.07) is 55.3. The zero-order valence-electron chi connectivity index (χ0n) is 30.9. The number of halogens is 1. The minimum Gasteiger partial charge on any atom is -0.374 e. The summed E-state index contributed by atoms with van der Waals surface area (Å²) >= 11 is 6.89. The van der Waals surface area contributed by atoms with E-state index in [9.17, 15) is 0 Å². The first-order valence-corrected chi connectivity index (χ1v) is 19.2. The van der Waals surface area contributed by atoms with Gasteiger partial charge in [0, 0.05) is 5.02 Å². The van der Waals surface area contributed by atoms with Crippen LogP contribution in [-0.4, -0.2) is 31.0 Å². The van der Waals surface area contributed by atoms with Crippen molar-refractivity contribution in [2.24, 2.45) is 0 Å². The van der Waals surface area contributed by atoms with E-state index in [2.05, 4.69) is 85.4 Å². The lowest BCUT2D eigenvalue weighted by Gasteiger charge is -2.46. The molecule has 0 amide bonds. The first kappa shape index (κ1) is 38.4. The highest BCUT2D eigenvalue weighted by molar-refractivity contribution is 6.31. The second-order valence-electron chi connectivity index (χ2n) is 13.9. The minimum atomic E-state index is -0.545. The summed E-state index contributed by atoms with van der Waals surface area (Å²) in [7, 11) is 0. The van der Waals surface area contributed by atoms with Crippen molar-refractivity contribution in [3.8, 4) is 0 Å². The van der Waals surface area contributed by atoms with Gasteiger partial charge in [-0.15, -0.1) is 0 Å². The van der Waals surface area contributed by atoms with Crippen LogP contribution in [0, 0.1) is 0 Å². The predicted octanol–water partition coefficient (Wildman–Crippen LogP) is 11.0. The maximum absolute atomic E-state index is 7.16. The molecule has 6 aromatic rings. The molecule has 5 atom stereocenters. The van der Waals surface area contributed by atoms with Gasteiger partial charge in [0.1, 0.15) is 30.5 Å². The quantitative estimate of drug-likeness (QED) is 0.0929. The molecule has 1 fully saturated rings. The van der Waals surface area contributed by atoms with Gasteiger partial charge in [0.25, 0.3) is 0 Å². The lowest BCUT2D eigenvalue weighted by molar-refractivity contribution is -0.275. The Morgan fingerprint density at radius 3 is 1.55 bits per heavy atom. The average Bonchev–Trinajstić information content (AvgIpc) is 3.24. The summed E-state index contributed by atoms with van der Waals surface area (Å²) in [5.74, 6) is 0. The molecule has 1 aliphatic heterocycles. The second-order valence-corrected chi connectivity index (χ2v) is 14.3. The Balaban J connectivity index is 1.26. The van der Waals surface area contributed by atoms with Gasteiger partial charge in [0.05, 0.1) is 33.0 Å². The summed E-state index contributed by atoms with van der Waals surface area (Å²) in [6.45, 7) is 5.75. The van der Waals surface area contributed by atoms with Crippen LogP contribution in [0.2, 0.25) is 5.02 Å². The summed E-state index contributed by atoms with van der Waals surface area (Å²) < 4.78 is 34.3. The van der Waals surface area contributed by atoms with Crippen LogP contribution in [0.15, 0.2) is 170 Å². The van der Waals surface area contributed by atoms with Crippen LogP contribution in [-0.2, 0) is 56.5 Å². The van der Waals surface area contributed by atoms with Gasteiger partial charge in [-0.1, -0.05) is 182 Å². The number of rotatable bonds is 17. The van der Waals surface area contributed by atoms with Gasteiger partial charge in [0.15, 0.2) is 0 Å². The topological polar surface area (TPSA) is 46.2 Å². The van der Waals surface area contributed by atoms with Crippen LogP contribution in [0.3, 0.4) is 0 Å². The number of hydrogen-bond acceptors (Lipinski definition) is 5. The van der Waals surface area contributed by atoms with Gasteiger partial charge < -0.3 is 23.7 Å². The summed E-state index contributed by atoms with van der Waals surface area (Å²) in [5.41, 5.74) is 8.42. The standard InChI is InChI=1S/C49H47ClO5/c1-2-36-23-25-37(26-24-36)29-43-30-42(27-28-44(43)50)46-48(53-33-40-19-11-5-12-20-40)49(54-34-41-21-13-6-14-22-41)47(52-32-39-17-9-4-10-18-39)45(55-46)35-51-31-38-15-7-3-8-16-38/h2-28,30,45-49H,1,29,31-35H2/t45-,46+,47?,48+,49+/m1/s1. The molecule has 1 heterocycles. The van der Waals surface area contributed by atoms with Crippen LogP contribution in [0.5, 0.6) is 0 Å². The van der Waals surface area contributed by atoms with Gasteiger partial charge in [-0.2, -0.15) is 0 Å². The minimum absolute atomic E-state index is 0.289. The molecule has 280 valence electrons. The molecule has 0 aliphatic carbocycles. The Morgan fingerprint density at radius 2 is 1.02 bits per heavy atom. The fraction of sp³-hybridized carbons (Fsp3) is 0.224. The third-order valence-electron chi connectivity index (χ3n) is 9.89. The molecule has 1 aliphatic rings. The maximum atomic E-state index is 7.16. The van der Waals surface area contributed by atoms with Gasteiger partial charge in [0.2, 0.25) is 0 Å². The number of benzene rings is 6. The summed E-state index contributed by atoms with van der Waals surface area (Å²) in [4.78, 5) is 0. The average molecular weight is 751 g/mol. The van der Waals surface area contributed by atoms with Gasteiger partial charge >= 0.3 is 0 Å². The predicted molar refractivity (Wildman–Crippen MR) is 220 cm³/mol. The fourth-order valence-corrected chi connectivity index (χ4v) is 7.14. The lowest BCUT2D eigenvalue weighted by Crippen LogP contribution is -2.58. The van der Waals surface area contributed by atoms with E-state index in [1.807, 2.05) is 91.0 Å². The van der Waals surface area contributed by atoms with E-state index in [-0.39, 0.29) is 6.61 Å². The van der Waals surface area contributed by atoms with Crippen LogP contribution >= 0.6 is 11.6 Å². The summed E-state index contributed by atoms with van der Waals surface area (Å²) in [5, 5.41) is 0.692. The molecule has 6 aromatic carbocycles. The van der Waals surface area contributed by atoms with Crippen molar-refractivity contribution in [3.05, 3.63) is 220 Å². The van der Waals surface area contributed by atoms with Crippen molar-refractivity contribution in [3.63, 3.8) is 0 Å². The Morgan fingerprint density at radius 1 is 0.527 bits per heavy atom. The molecule has 0 radical (unpaired) electrons. The van der Waals surface area contributed by atoms with E-state index in [1.54, 1.807) is 0 Å². The normalized spacial score (nSPS) is 19.5. The molecule has 6 heteroatoms. The molecule has 55 heavy (non-hydrogen) atoms. The highest BCUT2D eigenvalue weighted by atomic mass is 35.5. The highest BCUT2D eigenvalue weighted by Gasteiger charge is 2.49. The van der Waals surface area contributed by atoms with Crippen molar-refractivity contribution >= 4 is 17.7 Å². The maximum Gasteiger partial charge on any atom is 0.117 e. The smallest absolute Gasteiger partial charge is 0.117 e. The molecule has 0 spiro atoms. The SMILES string of the molecule is C=Cc1ccc(Cc2cc([C@@H]3O[C@H](COCc4ccccc4)C(OCc4ccccc4)[C@H](OCc4ccccc4)[C@H]3OCc3ccccc3)ccc2Cl)cc1. The van der Waals surface area contributed by atoms with Crippen molar-refractivity contribution < 1.29 is 23.7 Å². The highest BCUT2D eigenvalue weighted by Crippen LogP contribution is 2.40. The molecule has 7 rings (SSSR count). The van der Waals surface area contributed by atoms with Crippen LogP contribution < -0.4 is 0 Å². The van der Waals surface area contributed by atoms with Crippen molar-refractivity contribution in [2.45, 2.75) is 63.4 Å². The third kappa shape index (κ3) is 10.7. The third-order valence-corrected chi connectivity index (χ3v) is 10.3. The molecular weight excluding hydrogens is 704 g/mol. The van der Waals surface area contributed by atoms with Crippen molar-refractivity contribution in [1.82, 2.24) is 0 Å². The largest absolute Gasteiger partial charge is 0.374 e. The lowest BCUT2D eigenvalue weighted by atomic mass is 9.89. The Bertz CT molecular complexity index is 2040. The second kappa shape index (κ2) is 19.7. The van der Waals surface area contributed by atoms with Crippen molar-refractivity contribution in [1.29, 1.82) is 0 Å². The van der Waals surface area contributed by atoms with Crippen LogP contribution in [0.1, 0.15) is 50.6 Å². The van der Waals surface area contributed by atoms with Gasteiger partial charge in [-0.05, 0) is 57.0 Å². The van der Waals surface area contributed by atoms with E-state index in [4.69, 9.17) is 35.3 Å². The molecule has 0 N–H and O–H groups in total. The molecule has 1 unspecified atom stereocenters. The van der Waals surface area contributed by atoms with E-state index in [0.717, 1.165) is 44.5 Å². The first-order valence-electron chi connectivity index (χ1n) is 18.9. The molecule has 0 bridgehead atoms.